The van der Waals surface area contributed by atoms with E-state index in [1.807, 2.05) is 32.9 Å². The van der Waals surface area contributed by atoms with Crippen LogP contribution in [0.1, 0.15) is 36.1 Å². The molecule has 0 spiro atoms. The summed E-state index contributed by atoms with van der Waals surface area (Å²) >= 11 is 6.05. The van der Waals surface area contributed by atoms with Gasteiger partial charge in [-0.05, 0) is 50.1 Å². The van der Waals surface area contributed by atoms with E-state index in [4.69, 9.17) is 16.3 Å². The number of amides is 1. The number of fused-ring (bicyclic) bond motifs is 1. The fraction of sp³-hybridized carbons (Fsp3) is 0.381. The van der Waals surface area contributed by atoms with Crippen molar-refractivity contribution in [3.05, 3.63) is 58.1 Å². The number of halogens is 1. The number of hydrogen-bond donors (Lipinski definition) is 1. The fourth-order valence-electron chi connectivity index (χ4n) is 3.49. The minimum absolute atomic E-state index is 0.127. The second-order valence-electron chi connectivity index (χ2n) is 7.43. The van der Waals surface area contributed by atoms with Gasteiger partial charge in [-0.15, -0.1) is 0 Å². The van der Waals surface area contributed by atoms with Crippen molar-refractivity contribution >= 4 is 33.2 Å². The Morgan fingerprint density at radius 2 is 1.97 bits per heavy atom. The van der Waals surface area contributed by atoms with Gasteiger partial charge in [-0.3, -0.25) is 9.10 Å². The predicted molar refractivity (Wildman–Crippen MR) is 115 cm³/mol. The van der Waals surface area contributed by atoms with E-state index in [-0.39, 0.29) is 24.9 Å². The molecule has 2 aromatic carbocycles. The number of sulfonamides is 1. The first-order valence-electron chi connectivity index (χ1n) is 9.37. The van der Waals surface area contributed by atoms with Crippen molar-refractivity contribution in [1.82, 2.24) is 5.32 Å². The SMILES string of the molecule is Cc1ccc(C)c([C@@H](C)NC(=O)[C@@H]2CCN(S(C)(=O)=O)c3cc(Cl)ccc3O2)c1. The molecular formula is C21H25ClN2O4S. The molecule has 1 heterocycles. The van der Waals surface area contributed by atoms with Crippen molar-refractivity contribution in [2.45, 2.75) is 39.3 Å². The molecule has 0 fully saturated rings. The van der Waals surface area contributed by atoms with Crippen LogP contribution < -0.4 is 14.4 Å². The third-order valence-electron chi connectivity index (χ3n) is 5.01. The Hall–Kier alpha value is -2.25. The molecule has 0 radical (unpaired) electrons. The number of nitrogens with one attached hydrogen (secondary N) is 1. The molecule has 1 amide bonds. The highest BCUT2D eigenvalue weighted by Crippen LogP contribution is 2.36. The minimum Gasteiger partial charge on any atom is -0.478 e. The molecule has 2 atom stereocenters. The first-order chi connectivity index (χ1) is 13.6. The quantitative estimate of drug-likeness (QED) is 0.791. The number of nitrogens with zero attached hydrogens (tertiary/aromatic N) is 1. The van der Waals surface area contributed by atoms with Crippen molar-refractivity contribution in [3.8, 4) is 5.75 Å². The van der Waals surface area contributed by atoms with E-state index in [0.717, 1.165) is 22.9 Å². The van der Waals surface area contributed by atoms with Crippen LogP contribution >= 0.6 is 11.6 Å². The topological polar surface area (TPSA) is 75.7 Å². The second-order valence-corrected chi connectivity index (χ2v) is 9.78. The van der Waals surface area contributed by atoms with Crippen LogP contribution in [0.2, 0.25) is 5.02 Å². The first kappa shape index (κ1) is 21.5. The van der Waals surface area contributed by atoms with Gasteiger partial charge in [0.25, 0.3) is 5.91 Å². The Kier molecular flexibility index (Phi) is 6.10. The maximum atomic E-state index is 12.9. The lowest BCUT2D eigenvalue weighted by molar-refractivity contribution is -0.128. The molecule has 1 aliphatic rings. The van der Waals surface area contributed by atoms with Crippen molar-refractivity contribution in [2.24, 2.45) is 0 Å². The van der Waals surface area contributed by atoms with Crippen molar-refractivity contribution in [3.63, 3.8) is 0 Å². The van der Waals surface area contributed by atoms with Gasteiger partial charge in [-0.1, -0.05) is 35.4 Å². The Labute approximate surface area is 176 Å². The zero-order valence-corrected chi connectivity index (χ0v) is 18.5. The van der Waals surface area contributed by atoms with E-state index in [9.17, 15) is 13.2 Å². The summed E-state index contributed by atoms with van der Waals surface area (Å²) in [4.78, 5) is 12.9. The number of carbonyl (C=O) groups excluding carboxylic acids is 1. The number of carbonyl (C=O) groups is 1. The summed E-state index contributed by atoms with van der Waals surface area (Å²) in [5, 5.41) is 3.40. The number of rotatable bonds is 4. The van der Waals surface area contributed by atoms with Crippen molar-refractivity contribution in [1.29, 1.82) is 0 Å². The fourth-order valence-corrected chi connectivity index (χ4v) is 4.60. The molecular weight excluding hydrogens is 412 g/mol. The van der Waals surface area contributed by atoms with E-state index in [1.54, 1.807) is 12.1 Å². The molecule has 29 heavy (non-hydrogen) atoms. The van der Waals surface area contributed by atoms with Gasteiger partial charge in [0.15, 0.2) is 6.10 Å². The molecule has 1 aliphatic heterocycles. The number of ether oxygens (including phenoxy) is 1. The summed E-state index contributed by atoms with van der Waals surface area (Å²) in [5.74, 6) is 0.0338. The summed E-state index contributed by atoms with van der Waals surface area (Å²) in [6.07, 6.45) is 0.542. The molecule has 1 N–H and O–H groups in total. The lowest BCUT2D eigenvalue weighted by Gasteiger charge is -2.21. The normalized spacial score (nSPS) is 17.7. The van der Waals surface area contributed by atoms with Gasteiger partial charge in [0, 0.05) is 18.0 Å². The van der Waals surface area contributed by atoms with Crippen LogP contribution in [0.25, 0.3) is 0 Å². The first-order valence-corrected chi connectivity index (χ1v) is 11.6. The van der Waals surface area contributed by atoms with E-state index in [1.165, 1.54) is 10.4 Å². The molecule has 0 saturated heterocycles. The average molecular weight is 437 g/mol. The zero-order valence-electron chi connectivity index (χ0n) is 16.9. The molecule has 0 bridgehead atoms. The molecule has 0 aromatic heterocycles. The van der Waals surface area contributed by atoms with E-state index >= 15 is 0 Å². The summed E-state index contributed by atoms with van der Waals surface area (Å²) in [5.41, 5.74) is 3.59. The van der Waals surface area contributed by atoms with Gasteiger partial charge in [0.2, 0.25) is 10.0 Å². The van der Waals surface area contributed by atoms with Gasteiger partial charge in [-0.25, -0.2) is 8.42 Å². The predicted octanol–water partition coefficient (Wildman–Crippen LogP) is 3.75. The largest absolute Gasteiger partial charge is 0.478 e. The number of benzene rings is 2. The van der Waals surface area contributed by atoms with Crippen LogP contribution in [-0.2, 0) is 14.8 Å². The molecule has 6 nitrogen and oxygen atoms in total. The highest BCUT2D eigenvalue weighted by molar-refractivity contribution is 7.92. The average Bonchev–Trinajstić information content (AvgIpc) is 2.82. The summed E-state index contributed by atoms with van der Waals surface area (Å²) in [7, 11) is -3.54. The second kappa shape index (κ2) is 8.24. The molecule has 0 aliphatic carbocycles. The van der Waals surface area contributed by atoms with Gasteiger partial charge in [0.1, 0.15) is 5.75 Å². The van der Waals surface area contributed by atoms with Gasteiger partial charge in [-0.2, -0.15) is 0 Å². The van der Waals surface area contributed by atoms with Crippen LogP contribution in [0.3, 0.4) is 0 Å². The third kappa shape index (κ3) is 4.85. The van der Waals surface area contributed by atoms with E-state index in [0.29, 0.717) is 16.5 Å². The smallest absolute Gasteiger partial charge is 0.261 e. The van der Waals surface area contributed by atoms with Crippen LogP contribution in [0.15, 0.2) is 36.4 Å². The van der Waals surface area contributed by atoms with Crippen molar-refractivity contribution < 1.29 is 17.9 Å². The van der Waals surface area contributed by atoms with E-state index < -0.39 is 16.1 Å². The van der Waals surface area contributed by atoms with Crippen LogP contribution in [0, 0.1) is 13.8 Å². The Balaban J connectivity index is 1.84. The van der Waals surface area contributed by atoms with Gasteiger partial charge in [0.05, 0.1) is 18.0 Å². The summed E-state index contributed by atoms with van der Waals surface area (Å²) in [6.45, 7) is 6.06. The Morgan fingerprint density at radius 1 is 1.24 bits per heavy atom. The third-order valence-corrected chi connectivity index (χ3v) is 6.42. The van der Waals surface area contributed by atoms with Gasteiger partial charge < -0.3 is 10.1 Å². The summed E-state index contributed by atoms with van der Waals surface area (Å²) < 4.78 is 31.6. The highest BCUT2D eigenvalue weighted by Gasteiger charge is 2.32. The van der Waals surface area contributed by atoms with E-state index in [2.05, 4.69) is 11.4 Å². The standard InChI is InChI=1S/C21H25ClN2O4S/c1-13-5-6-14(2)17(11-13)15(3)23-21(25)20-9-10-24(29(4,26)27)18-12-16(22)7-8-19(18)28-20/h5-8,11-12,15,20H,9-10H2,1-4H3,(H,23,25)/t15-,20+/m1/s1. The summed E-state index contributed by atoms with van der Waals surface area (Å²) in [6, 6.07) is 10.6. The molecule has 0 unspecified atom stereocenters. The maximum absolute atomic E-state index is 12.9. The van der Waals surface area contributed by atoms with Crippen LogP contribution in [0.4, 0.5) is 5.69 Å². The van der Waals surface area contributed by atoms with Crippen molar-refractivity contribution in [2.75, 3.05) is 17.1 Å². The Morgan fingerprint density at radius 3 is 2.66 bits per heavy atom. The highest BCUT2D eigenvalue weighted by atomic mass is 35.5. The lowest BCUT2D eigenvalue weighted by atomic mass is 10.00. The molecule has 3 rings (SSSR count). The van der Waals surface area contributed by atoms with Crippen LogP contribution in [-0.4, -0.2) is 33.2 Å². The minimum atomic E-state index is -3.54. The molecule has 2 aromatic rings. The molecule has 0 saturated carbocycles. The lowest BCUT2D eigenvalue weighted by Crippen LogP contribution is -2.41. The Bertz CT molecular complexity index is 1040. The van der Waals surface area contributed by atoms with Crippen LogP contribution in [0.5, 0.6) is 5.75 Å². The zero-order chi connectivity index (χ0) is 21.3. The number of aryl methyl sites for hydroxylation is 2. The van der Waals surface area contributed by atoms with Gasteiger partial charge >= 0.3 is 0 Å². The molecule has 8 heteroatoms. The monoisotopic (exact) mass is 436 g/mol. The number of hydrogen-bond acceptors (Lipinski definition) is 4. The number of anilines is 1. The maximum Gasteiger partial charge on any atom is 0.261 e. The molecule has 156 valence electrons.